The molecule has 0 spiro atoms. The zero-order valence-electron chi connectivity index (χ0n) is 14.3. The smallest absolute Gasteiger partial charge is 0.317 e. The average molecular weight is 329 g/mol. The number of amides is 3. The van der Waals surface area contributed by atoms with E-state index in [0.717, 1.165) is 51.7 Å². The molecule has 3 amide bonds. The van der Waals surface area contributed by atoms with Crippen molar-refractivity contribution in [1.82, 2.24) is 15.1 Å². The van der Waals surface area contributed by atoms with E-state index in [1.807, 2.05) is 15.9 Å². The van der Waals surface area contributed by atoms with Crippen molar-refractivity contribution in [2.45, 2.75) is 45.1 Å². The Morgan fingerprint density at radius 3 is 2.75 bits per heavy atom. The minimum Gasteiger partial charge on any atom is -0.343 e. The predicted molar refractivity (Wildman–Crippen MR) is 93.6 cm³/mol. The van der Waals surface area contributed by atoms with Crippen molar-refractivity contribution in [3.63, 3.8) is 0 Å². The number of urea groups is 1. The van der Waals surface area contributed by atoms with Gasteiger partial charge < -0.3 is 15.1 Å². The van der Waals surface area contributed by atoms with Crippen molar-refractivity contribution in [3.05, 3.63) is 35.4 Å². The zero-order valence-corrected chi connectivity index (χ0v) is 14.3. The van der Waals surface area contributed by atoms with Crippen LogP contribution in [-0.4, -0.2) is 47.9 Å². The lowest BCUT2D eigenvalue weighted by Gasteiger charge is -2.29. The van der Waals surface area contributed by atoms with Gasteiger partial charge in [-0.2, -0.15) is 0 Å². The van der Waals surface area contributed by atoms with Gasteiger partial charge in [-0.1, -0.05) is 30.7 Å². The molecule has 0 atom stereocenters. The molecule has 0 saturated carbocycles. The summed E-state index contributed by atoms with van der Waals surface area (Å²) in [5, 5.41) is 3.00. The van der Waals surface area contributed by atoms with Gasteiger partial charge in [0.25, 0.3) is 0 Å². The number of benzene rings is 1. The van der Waals surface area contributed by atoms with E-state index in [0.29, 0.717) is 19.5 Å². The lowest BCUT2D eigenvalue weighted by molar-refractivity contribution is -0.130. The second kappa shape index (κ2) is 8.18. The summed E-state index contributed by atoms with van der Waals surface area (Å²) in [5.74, 6) is 0.270. The zero-order chi connectivity index (χ0) is 16.8. The Morgan fingerprint density at radius 1 is 1.04 bits per heavy atom. The van der Waals surface area contributed by atoms with Gasteiger partial charge in [-0.3, -0.25) is 4.79 Å². The molecule has 130 valence electrons. The summed E-state index contributed by atoms with van der Waals surface area (Å²) in [6.45, 7) is 3.71. The summed E-state index contributed by atoms with van der Waals surface area (Å²) >= 11 is 0. The van der Waals surface area contributed by atoms with Crippen LogP contribution >= 0.6 is 0 Å². The number of nitrogens with zero attached hydrogens (tertiary/aromatic N) is 2. The van der Waals surface area contributed by atoms with Gasteiger partial charge in [0.05, 0.1) is 0 Å². The monoisotopic (exact) mass is 329 g/mol. The summed E-state index contributed by atoms with van der Waals surface area (Å²) in [4.78, 5) is 28.1. The van der Waals surface area contributed by atoms with Crippen LogP contribution in [0.1, 0.15) is 43.2 Å². The fraction of sp³-hybridized carbons (Fsp3) is 0.579. The van der Waals surface area contributed by atoms with Crippen LogP contribution in [0.4, 0.5) is 4.79 Å². The van der Waals surface area contributed by atoms with Gasteiger partial charge in [-0.05, 0) is 36.8 Å². The number of fused-ring (bicyclic) bond motifs is 1. The van der Waals surface area contributed by atoms with Crippen LogP contribution in [0.15, 0.2) is 24.3 Å². The third-order valence-corrected chi connectivity index (χ3v) is 4.97. The largest absolute Gasteiger partial charge is 0.343 e. The van der Waals surface area contributed by atoms with Crippen LogP contribution in [0.3, 0.4) is 0 Å². The Hall–Kier alpha value is -2.04. The molecule has 1 fully saturated rings. The molecule has 1 aromatic rings. The molecule has 24 heavy (non-hydrogen) atoms. The van der Waals surface area contributed by atoms with Gasteiger partial charge in [-0.25, -0.2) is 4.79 Å². The molecular formula is C19H27N3O2. The number of hydrogen-bond acceptors (Lipinski definition) is 2. The second-order valence-electron chi connectivity index (χ2n) is 6.72. The highest BCUT2D eigenvalue weighted by Gasteiger charge is 2.20. The molecule has 0 aromatic heterocycles. The Bertz CT molecular complexity index is 588. The molecule has 5 nitrogen and oxygen atoms in total. The van der Waals surface area contributed by atoms with Crippen LogP contribution in [0.5, 0.6) is 0 Å². The van der Waals surface area contributed by atoms with Gasteiger partial charge in [0.15, 0.2) is 0 Å². The number of nitrogens with one attached hydrogen (secondary N) is 1. The summed E-state index contributed by atoms with van der Waals surface area (Å²) in [6.07, 6.45) is 5.69. The third-order valence-electron chi connectivity index (χ3n) is 4.97. The number of hydrogen-bond donors (Lipinski definition) is 1. The van der Waals surface area contributed by atoms with Crippen molar-refractivity contribution in [1.29, 1.82) is 0 Å². The minimum absolute atomic E-state index is 0.00620. The fourth-order valence-corrected chi connectivity index (χ4v) is 3.52. The van der Waals surface area contributed by atoms with E-state index in [9.17, 15) is 9.59 Å². The highest BCUT2D eigenvalue weighted by molar-refractivity contribution is 5.76. The van der Waals surface area contributed by atoms with E-state index in [-0.39, 0.29) is 11.9 Å². The van der Waals surface area contributed by atoms with Gasteiger partial charge in [0.1, 0.15) is 0 Å². The van der Waals surface area contributed by atoms with Crippen molar-refractivity contribution < 1.29 is 9.59 Å². The van der Waals surface area contributed by atoms with Gasteiger partial charge in [-0.15, -0.1) is 0 Å². The predicted octanol–water partition coefficient (Wildman–Crippen LogP) is 2.55. The van der Waals surface area contributed by atoms with Crippen molar-refractivity contribution in [2.75, 3.05) is 26.2 Å². The average Bonchev–Trinajstić information content (AvgIpc) is 2.82. The highest BCUT2D eigenvalue weighted by Crippen LogP contribution is 2.18. The molecule has 1 aromatic carbocycles. The van der Waals surface area contributed by atoms with Crippen molar-refractivity contribution in [3.8, 4) is 0 Å². The van der Waals surface area contributed by atoms with E-state index >= 15 is 0 Å². The maximum absolute atomic E-state index is 12.3. The summed E-state index contributed by atoms with van der Waals surface area (Å²) in [5.41, 5.74) is 2.59. The lowest BCUT2D eigenvalue weighted by atomic mass is 10.0. The van der Waals surface area contributed by atoms with Crippen LogP contribution in [0, 0.1) is 0 Å². The maximum Gasteiger partial charge on any atom is 0.317 e. The molecule has 2 aliphatic heterocycles. The number of carbonyl (C=O) groups is 2. The van der Waals surface area contributed by atoms with Crippen molar-refractivity contribution >= 4 is 11.9 Å². The molecule has 0 bridgehead atoms. The summed E-state index contributed by atoms with van der Waals surface area (Å²) in [7, 11) is 0. The van der Waals surface area contributed by atoms with Crippen LogP contribution in [0.2, 0.25) is 0 Å². The van der Waals surface area contributed by atoms with E-state index in [4.69, 9.17) is 0 Å². The minimum atomic E-state index is 0.00620. The van der Waals surface area contributed by atoms with E-state index in [2.05, 4.69) is 23.5 Å². The third kappa shape index (κ3) is 4.28. The van der Waals surface area contributed by atoms with Gasteiger partial charge in [0.2, 0.25) is 5.91 Å². The van der Waals surface area contributed by atoms with Gasteiger partial charge >= 0.3 is 6.03 Å². The molecule has 3 rings (SSSR count). The standard InChI is InChI=1S/C19H27N3O2/c23-18-9-2-1-5-12-21(18)13-6-11-20-19(24)22-14-10-16-7-3-4-8-17(16)15-22/h3-4,7-8H,1-2,5-6,9-15H2,(H,20,24). The van der Waals surface area contributed by atoms with Crippen LogP contribution in [0.25, 0.3) is 0 Å². The maximum atomic E-state index is 12.3. The molecule has 0 aliphatic carbocycles. The van der Waals surface area contributed by atoms with Crippen molar-refractivity contribution in [2.24, 2.45) is 0 Å². The van der Waals surface area contributed by atoms with E-state index < -0.39 is 0 Å². The number of rotatable bonds is 4. The van der Waals surface area contributed by atoms with E-state index in [1.165, 1.54) is 11.1 Å². The number of likely N-dealkylation sites (tertiary alicyclic amines) is 1. The SMILES string of the molecule is O=C1CCCCCN1CCCNC(=O)N1CCc2ccccc2C1. The first-order valence-corrected chi connectivity index (χ1v) is 9.11. The summed E-state index contributed by atoms with van der Waals surface area (Å²) in [6, 6.07) is 8.33. The fourth-order valence-electron chi connectivity index (χ4n) is 3.52. The Morgan fingerprint density at radius 2 is 1.88 bits per heavy atom. The number of carbonyl (C=O) groups excluding carboxylic acids is 2. The molecule has 1 N–H and O–H groups in total. The Labute approximate surface area is 144 Å². The quantitative estimate of drug-likeness (QED) is 0.863. The molecule has 2 heterocycles. The second-order valence-corrected chi connectivity index (χ2v) is 6.72. The lowest BCUT2D eigenvalue weighted by Crippen LogP contribution is -2.43. The molecule has 0 unspecified atom stereocenters. The molecule has 1 saturated heterocycles. The highest BCUT2D eigenvalue weighted by atomic mass is 16.2. The molecule has 0 radical (unpaired) electrons. The summed E-state index contributed by atoms with van der Waals surface area (Å²) < 4.78 is 0. The van der Waals surface area contributed by atoms with Crippen LogP contribution in [-0.2, 0) is 17.8 Å². The first-order chi connectivity index (χ1) is 11.7. The van der Waals surface area contributed by atoms with E-state index in [1.54, 1.807) is 0 Å². The molecular weight excluding hydrogens is 302 g/mol. The molecule has 2 aliphatic rings. The first kappa shape index (κ1) is 16.8. The van der Waals surface area contributed by atoms with Crippen LogP contribution < -0.4 is 5.32 Å². The molecule has 5 heteroatoms. The first-order valence-electron chi connectivity index (χ1n) is 9.11. The Balaban J connectivity index is 1.39. The van der Waals surface area contributed by atoms with Gasteiger partial charge in [0, 0.05) is 39.1 Å². The normalized spacial score (nSPS) is 18.1. The topological polar surface area (TPSA) is 52.7 Å². The Kier molecular flexibility index (Phi) is 5.72.